The first-order valence-corrected chi connectivity index (χ1v) is 7.50. The number of amides is 3. The molecule has 2 aliphatic heterocycles. The number of carbonyl (C=O) groups excluding carboxylic acids is 2. The van der Waals surface area contributed by atoms with E-state index in [1.807, 2.05) is 31.2 Å². The van der Waals surface area contributed by atoms with Crippen LogP contribution in [0.4, 0.5) is 4.79 Å². The van der Waals surface area contributed by atoms with Crippen molar-refractivity contribution in [2.45, 2.75) is 31.7 Å². The number of urea groups is 1. The molecule has 3 amide bonds. The van der Waals surface area contributed by atoms with Gasteiger partial charge >= 0.3 is 6.03 Å². The van der Waals surface area contributed by atoms with Gasteiger partial charge in [0.1, 0.15) is 5.54 Å². The molecule has 0 aromatic heterocycles. The smallest absolute Gasteiger partial charge is 0.322 e. The fraction of sp³-hybridized carbons (Fsp3) is 0.500. The van der Waals surface area contributed by atoms with Crippen LogP contribution < -0.4 is 16.0 Å². The quantitative estimate of drug-likeness (QED) is 0.739. The first kappa shape index (κ1) is 16.8. The molecule has 3 rings (SSSR count). The molecule has 0 radical (unpaired) electrons. The zero-order valence-corrected chi connectivity index (χ0v) is 13.5. The highest BCUT2D eigenvalue weighted by molar-refractivity contribution is 6.07. The van der Waals surface area contributed by atoms with Gasteiger partial charge in [0.15, 0.2) is 0 Å². The van der Waals surface area contributed by atoms with Crippen LogP contribution >= 0.6 is 12.4 Å². The van der Waals surface area contributed by atoms with Crippen molar-refractivity contribution < 1.29 is 9.59 Å². The molecule has 2 heterocycles. The molecule has 0 bridgehead atoms. The summed E-state index contributed by atoms with van der Waals surface area (Å²) in [6.45, 7) is 3.83. The molecular formula is C16H22ClN3O2. The van der Waals surface area contributed by atoms with E-state index < -0.39 is 5.54 Å². The predicted octanol–water partition coefficient (Wildman–Crippen LogP) is 1.54. The number of nitrogens with one attached hydrogen (secondary N) is 3. The molecule has 6 heteroatoms. The van der Waals surface area contributed by atoms with E-state index in [9.17, 15) is 9.59 Å². The summed E-state index contributed by atoms with van der Waals surface area (Å²) < 4.78 is 0. The van der Waals surface area contributed by atoms with Crippen molar-refractivity contribution >= 4 is 24.3 Å². The van der Waals surface area contributed by atoms with Gasteiger partial charge in [-0.25, -0.2) is 4.79 Å². The molecule has 2 aliphatic rings. The van der Waals surface area contributed by atoms with E-state index in [4.69, 9.17) is 0 Å². The topological polar surface area (TPSA) is 70.2 Å². The number of hydrogen-bond donors (Lipinski definition) is 3. The largest absolute Gasteiger partial charge is 0.323 e. The minimum Gasteiger partial charge on any atom is -0.323 e. The van der Waals surface area contributed by atoms with Gasteiger partial charge < -0.3 is 10.6 Å². The minimum atomic E-state index is -0.800. The lowest BCUT2D eigenvalue weighted by Gasteiger charge is -2.37. The van der Waals surface area contributed by atoms with Crippen LogP contribution in [-0.4, -0.2) is 30.6 Å². The molecule has 2 fully saturated rings. The van der Waals surface area contributed by atoms with Crippen LogP contribution in [-0.2, 0) is 11.2 Å². The van der Waals surface area contributed by atoms with Gasteiger partial charge in [-0.3, -0.25) is 10.1 Å². The maximum atomic E-state index is 12.5. The van der Waals surface area contributed by atoms with E-state index in [0.29, 0.717) is 6.42 Å². The number of rotatable bonds is 3. The molecule has 0 saturated carbocycles. The van der Waals surface area contributed by atoms with Crippen molar-refractivity contribution in [3.8, 4) is 0 Å². The lowest BCUT2D eigenvalue weighted by atomic mass is 9.74. The van der Waals surface area contributed by atoms with E-state index in [-0.39, 0.29) is 30.3 Å². The molecule has 1 atom stereocenters. The molecule has 3 N–H and O–H groups in total. The van der Waals surface area contributed by atoms with Crippen LogP contribution in [0.25, 0.3) is 0 Å². The molecule has 120 valence electrons. The summed E-state index contributed by atoms with van der Waals surface area (Å²) in [4.78, 5) is 24.2. The molecular weight excluding hydrogens is 302 g/mol. The summed E-state index contributed by atoms with van der Waals surface area (Å²) in [5.41, 5.74) is 1.47. The van der Waals surface area contributed by atoms with Gasteiger partial charge in [-0.05, 0) is 49.9 Å². The number of benzene rings is 1. The summed E-state index contributed by atoms with van der Waals surface area (Å²) in [5, 5.41) is 8.68. The van der Waals surface area contributed by atoms with Crippen LogP contribution in [0.5, 0.6) is 0 Å². The fourth-order valence-electron chi connectivity index (χ4n) is 3.49. The third kappa shape index (κ3) is 2.96. The highest BCUT2D eigenvalue weighted by atomic mass is 35.5. The molecule has 1 unspecified atom stereocenters. The Hall–Kier alpha value is -1.59. The number of aryl methyl sites for hydroxylation is 1. The van der Waals surface area contributed by atoms with Gasteiger partial charge in [0.05, 0.1) is 0 Å². The lowest BCUT2D eigenvalue weighted by molar-refractivity contribution is -0.126. The average molecular weight is 324 g/mol. The summed E-state index contributed by atoms with van der Waals surface area (Å²) in [6, 6.07) is 7.68. The molecule has 5 nitrogen and oxygen atoms in total. The Kier molecular flexibility index (Phi) is 5.08. The van der Waals surface area contributed by atoms with Crippen LogP contribution in [0, 0.1) is 12.8 Å². The number of hydrogen-bond acceptors (Lipinski definition) is 3. The summed E-state index contributed by atoms with van der Waals surface area (Å²) in [6.07, 6.45) is 2.36. The monoisotopic (exact) mass is 323 g/mol. The predicted molar refractivity (Wildman–Crippen MR) is 87.1 cm³/mol. The van der Waals surface area contributed by atoms with Crippen molar-refractivity contribution in [1.82, 2.24) is 16.0 Å². The van der Waals surface area contributed by atoms with E-state index in [1.54, 1.807) is 0 Å². The maximum Gasteiger partial charge on any atom is 0.322 e. The molecule has 0 aliphatic carbocycles. The highest BCUT2D eigenvalue weighted by Gasteiger charge is 2.51. The molecule has 1 aromatic carbocycles. The first-order chi connectivity index (χ1) is 10.1. The molecule has 22 heavy (non-hydrogen) atoms. The van der Waals surface area contributed by atoms with Crippen molar-refractivity contribution in [2.24, 2.45) is 5.92 Å². The average Bonchev–Trinajstić information content (AvgIpc) is 2.77. The Morgan fingerprint density at radius 2 is 1.86 bits per heavy atom. The maximum absolute atomic E-state index is 12.5. The van der Waals surface area contributed by atoms with Crippen molar-refractivity contribution in [1.29, 1.82) is 0 Å². The summed E-state index contributed by atoms with van der Waals surface area (Å²) in [5.74, 6) is -0.00698. The second kappa shape index (κ2) is 6.67. The Morgan fingerprint density at radius 1 is 1.18 bits per heavy atom. The highest BCUT2D eigenvalue weighted by Crippen LogP contribution is 2.32. The van der Waals surface area contributed by atoms with Crippen molar-refractivity contribution in [3.63, 3.8) is 0 Å². The number of imide groups is 1. The number of halogens is 1. The number of carbonyl (C=O) groups is 2. The zero-order valence-electron chi connectivity index (χ0n) is 12.6. The Morgan fingerprint density at radius 3 is 2.45 bits per heavy atom. The zero-order chi connectivity index (χ0) is 14.9. The van der Waals surface area contributed by atoms with Gasteiger partial charge in [-0.15, -0.1) is 12.4 Å². The van der Waals surface area contributed by atoms with Crippen molar-refractivity contribution in [3.05, 3.63) is 35.4 Å². The normalized spacial score (nSPS) is 25.3. The Balaban J connectivity index is 0.00000176. The van der Waals surface area contributed by atoms with Crippen LogP contribution in [0.2, 0.25) is 0 Å². The van der Waals surface area contributed by atoms with Crippen molar-refractivity contribution in [2.75, 3.05) is 13.1 Å². The third-order valence-corrected chi connectivity index (χ3v) is 4.74. The Labute approximate surface area is 136 Å². The fourth-order valence-corrected chi connectivity index (χ4v) is 3.49. The number of piperidine rings is 1. The van der Waals surface area contributed by atoms with E-state index in [1.165, 1.54) is 0 Å². The van der Waals surface area contributed by atoms with Crippen LogP contribution in [0.1, 0.15) is 24.0 Å². The van der Waals surface area contributed by atoms with Crippen LogP contribution in [0.15, 0.2) is 24.3 Å². The van der Waals surface area contributed by atoms with Crippen LogP contribution in [0.3, 0.4) is 0 Å². The lowest BCUT2D eigenvalue weighted by Crippen LogP contribution is -2.57. The Bertz CT molecular complexity index is 572. The van der Waals surface area contributed by atoms with Gasteiger partial charge in [-0.2, -0.15) is 0 Å². The molecule has 0 spiro atoms. The first-order valence-electron chi connectivity index (χ1n) is 7.50. The molecule has 1 aromatic rings. The summed E-state index contributed by atoms with van der Waals surface area (Å²) >= 11 is 0. The summed E-state index contributed by atoms with van der Waals surface area (Å²) in [7, 11) is 0. The standard InChI is InChI=1S/C16H21N3O2.ClH/c1-11-4-2-3-5-12(11)10-16(13-6-8-17-9-7-13)14(20)18-15(21)19-16;/h2-5,13,17H,6-10H2,1H3,(H2,18,19,20,21);1H. The van der Waals surface area contributed by atoms with Gasteiger partial charge in [-0.1, -0.05) is 24.3 Å². The van der Waals surface area contributed by atoms with E-state index in [0.717, 1.165) is 37.1 Å². The van der Waals surface area contributed by atoms with Gasteiger partial charge in [0, 0.05) is 6.42 Å². The van der Waals surface area contributed by atoms with Gasteiger partial charge in [0.25, 0.3) is 5.91 Å². The second-order valence-electron chi connectivity index (χ2n) is 6.01. The second-order valence-corrected chi connectivity index (χ2v) is 6.01. The van der Waals surface area contributed by atoms with E-state index >= 15 is 0 Å². The van der Waals surface area contributed by atoms with E-state index in [2.05, 4.69) is 16.0 Å². The molecule has 2 saturated heterocycles. The minimum absolute atomic E-state index is 0. The van der Waals surface area contributed by atoms with Gasteiger partial charge in [0.2, 0.25) is 0 Å². The third-order valence-electron chi connectivity index (χ3n) is 4.74. The SMILES string of the molecule is Cc1ccccc1CC1(C2CCNCC2)NC(=O)NC1=O.Cl.